The molecule has 8 rings (SSSR count). The maximum Gasteiger partial charge on any atom is 0.254 e. The van der Waals surface area contributed by atoms with E-state index < -0.39 is 0 Å². The van der Waals surface area contributed by atoms with Crippen molar-refractivity contribution in [1.82, 2.24) is 9.58 Å². The van der Waals surface area contributed by atoms with Crippen LogP contribution in [0.1, 0.15) is 24.0 Å². The molecule has 4 aromatic rings. The van der Waals surface area contributed by atoms with Gasteiger partial charge in [0.1, 0.15) is 0 Å². The van der Waals surface area contributed by atoms with Gasteiger partial charge in [-0.05, 0) is 47.1 Å². The molecule has 1 aromatic heterocycles. The van der Waals surface area contributed by atoms with Gasteiger partial charge in [0.25, 0.3) is 11.8 Å². The van der Waals surface area contributed by atoms with E-state index in [9.17, 15) is 9.59 Å². The lowest BCUT2D eigenvalue weighted by molar-refractivity contribution is -0.140. The van der Waals surface area contributed by atoms with Gasteiger partial charge in [-0.1, -0.05) is 72.8 Å². The molecule has 4 unspecified atom stereocenters. The van der Waals surface area contributed by atoms with E-state index in [4.69, 9.17) is 0 Å². The van der Waals surface area contributed by atoms with Crippen molar-refractivity contribution in [3.05, 3.63) is 96.2 Å². The van der Waals surface area contributed by atoms with E-state index in [0.29, 0.717) is 0 Å². The average molecular weight is 460 g/mol. The van der Waals surface area contributed by atoms with Crippen LogP contribution in [0, 0.1) is 23.7 Å². The fraction of sp³-hybridized carbons (Fsp3) is 0.233. The minimum absolute atomic E-state index is 0.144. The van der Waals surface area contributed by atoms with Crippen LogP contribution in [0.4, 0.5) is 0 Å². The van der Waals surface area contributed by atoms with Crippen molar-refractivity contribution >= 4 is 39.7 Å². The molecule has 1 aliphatic heterocycles. The zero-order valence-corrected chi connectivity index (χ0v) is 19.2. The first-order valence-corrected chi connectivity index (χ1v) is 12.3. The van der Waals surface area contributed by atoms with E-state index in [0.717, 1.165) is 40.9 Å². The number of allylic oxidation sites excluding steroid dienone is 2. The molecule has 2 fully saturated rings. The highest BCUT2D eigenvalue weighted by Gasteiger charge is 2.56. The molecular weight excluding hydrogens is 434 g/mol. The number of aromatic nitrogens is 1. The van der Waals surface area contributed by atoms with E-state index >= 15 is 0 Å². The van der Waals surface area contributed by atoms with Gasteiger partial charge in [0.15, 0.2) is 0 Å². The van der Waals surface area contributed by atoms with Crippen molar-refractivity contribution in [3.63, 3.8) is 0 Å². The summed E-state index contributed by atoms with van der Waals surface area (Å²) in [6.45, 7) is 0.719. The zero-order chi connectivity index (χ0) is 23.5. The molecule has 4 atom stereocenters. The Bertz CT molecular complexity index is 1530. The van der Waals surface area contributed by atoms with E-state index in [1.807, 2.05) is 12.1 Å². The number of benzene rings is 3. The van der Waals surface area contributed by atoms with Crippen molar-refractivity contribution in [2.75, 3.05) is 0 Å². The lowest BCUT2D eigenvalue weighted by atomic mass is 9.63. The normalized spacial score (nSPS) is 25.4. The smallest absolute Gasteiger partial charge is 0.254 e. The summed E-state index contributed by atoms with van der Waals surface area (Å²) < 4.78 is 2.22. The molecule has 0 radical (unpaired) electrons. The second-order valence-corrected chi connectivity index (χ2v) is 9.94. The molecule has 0 spiro atoms. The molecule has 5 heteroatoms. The highest BCUT2D eigenvalue weighted by molar-refractivity contribution is 6.07. The number of hydrazone groups is 1. The van der Waals surface area contributed by atoms with Gasteiger partial charge < -0.3 is 4.57 Å². The Hall–Kier alpha value is -3.99. The number of hydrogen-bond acceptors (Lipinski definition) is 3. The van der Waals surface area contributed by atoms with Crippen LogP contribution >= 0.6 is 0 Å². The summed E-state index contributed by atoms with van der Waals surface area (Å²) in [5, 5.41) is 9.12. The van der Waals surface area contributed by atoms with Crippen molar-refractivity contribution in [1.29, 1.82) is 0 Å². The van der Waals surface area contributed by atoms with Crippen LogP contribution in [-0.4, -0.2) is 27.6 Å². The molecule has 0 N–H and O–H groups in total. The Morgan fingerprint density at radius 2 is 1.46 bits per heavy atom. The largest absolute Gasteiger partial charge is 0.342 e. The summed E-state index contributed by atoms with van der Waals surface area (Å²) in [6.07, 6.45) is 9.99. The number of carbonyl (C=O) groups excluding carboxylic acids is 2. The molecule has 172 valence electrons. The van der Waals surface area contributed by atoms with Crippen LogP contribution in [0.5, 0.6) is 0 Å². The molecule has 2 bridgehead atoms. The van der Waals surface area contributed by atoms with Crippen molar-refractivity contribution in [3.8, 4) is 0 Å². The fourth-order valence-corrected chi connectivity index (χ4v) is 6.41. The number of para-hydroxylation sites is 1. The predicted octanol–water partition coefficient (Wildman–Crippen LogP) is 5.37. The van der Waals surface area contributed by atoms with Gasteiger partial charge in [0, 0.05) is 29.2 Å². The van der Waals surface area contributed by atoms with Gasteiger partial charge in [-0.25, -0.2) is 0 Å². The lowest BCUT2D eigenvalue weighted by Crippen LogP contribution is -2.38. The summed E-state index contributed by atoms with van der Waals surface area (Å²) in [5.41, 5.74) is 3.23. The Kier molecular flexibility index (Phi) is 4.53. The van der Waals surface area contributed by atoms with Gasteiger partial charge in [-0.2, -0.15) is 10.1 Å². The van der Waals surface area contributed by atoms with Crippen molar-refractivity contribution in [2.45, 2.75) is 19.4 Å². The minimum atomic E-state index is -0.240. The van der Waals surface area contributed by atoms with Crippen LogP contribution in [0.3, 0.4) is 0 Å². The number of nitrogens with zero attached hydrogens (tertiary/aromatic N) is 3. The summed E-state index contributed by atoms with van der Waals surface area (Å²) >= 11 is 0. The molecule has 3 aliphatic carbocycles. The van der Waals surface area contributed by atoms with Gasteiger partial charge in [0.05, 0.1) is 18.1 Å². The highest BCUT2D eigenvalue weighted by atomic mass is 16.2. The average Bonchev–Trinajstić information content (AvgIpc) is 3.39. The molecule has 1 saturated carbocycles. The molecule has 4 aliphatic rings. The third-order valence-electron chi connectivity index (χ3n) is 8.09. The summed E-state index contributed by atoms with van der Waals surface area (Å²) in [7, 11) is 0. The Morgan fingerprint density at radius 3 is 2.20 bits per heavy atom. The topological polar surface area (TPSA) is 54.7 Å². The quantitative estimate of drug-likeness (QED) is 0.234. The second-order valence-electron chi connectivity index (χ2n) is 9.94. The molecule has 35 heavy (non-hydrogen) atoms. The minimum Gasteiger partial charge on any atom is -0.342 e. The van der Waals surface area contributed by atoms with Gasteiger partial charge in [0.2, 0.25) is 0 Å². The maximum absolute atomic E-state index is 13.1. The number of fused-ring (bicyclic) bond motifs is 3. The SMILES string of the molecule is O=C1C2C3C=CC(CC3)C2C(=O)N1/N=C/c1cn(Cc2cccc3ccccc23)c2ccccc12. The van der Waals surface area contributed by atoms with Crippen LogP contribution in [0.25, 0.3) is 21.7 Å². The standard InChI is InChI=1S/C30H25N3O2/c34-29-27-20-12-13-21(15-14-20)28(27)30(35)33(29)31-16-23-18-32(26-11-4-3-10-25(23)26)17-22-8-5-7-19-6-1-2-9-24(19)22/h1-13,16,18,20-21,27-28H,14-15,17H2/b31-16+. The number of imide groups is 1. The number of hydrogen-bond donors (Lipinski definition) is 0. The fourth-order valence-electron chi connectivity index (χ4n) is 6.41. The monoisotopic (exact) mass is 459 g/mol. The molecule has 1 saturated heterocycles. The Morgan fingerprint density at radius 1 is 0.800 bits per heavy atom. The third-order valence-corrected chi connectivity index (χ3v) is 8.09. The third kappa shape index (κ3) is 3.11. The first-order valence-electron chi connectivity index (χ1n) is 12.3. The van der Waals surface area contributed by atoms with Crippen LogP contribution in [-0.2, 0) is 16.1 Å². The van der Waals surface area contributed by atoms with Gasteiger partial charge >= 0.3 is 0 Å². The van der Waals surface area contributed by atoms with E-state index in [1.54, 1.807) is 6.21 Å². The summed E-state index contributed by atoms with van der Waals surface area (Å²) in [6, 6.07) is 23.0. The number of carbonyl (C=O) groups is 2. The Balaban J connectivity index is 1.23. The van der Waals surface area contributed by atoms with Crippen molar-refractivity contribution in [2.24, 2.45) is 28.8 Å². The zero-order valence-electron chi connectivity index (χ0n) is 19.2. The van der Waals surface area contributed by atoms with E-state index in [1.165, 1.54) is 16.3 Å². The molecule has 5 nitrogen and oxygen atoms in total. The van der Waals surface area contributed by atoms with Gasteiger partial charge in [-0.3, -0.25) is 9.59 Å². The lowest BCUT2D eigenvalue weighted by Gasteiger charge is -2.37. The first-order chi connectivity index (χ1) is 17.2. The Labute approximate surface area is 203 Å². The number of rotatable bonds is 4. The summed E-state index contributed by atoms with van der Waals surface area (Å²) in [5.74, 6) is -0.426. The highest BCUT2D eigenvalue weighted by Crippen LogP contribution is 2.49. The van der Waals surface area contributed by atoms with Crippen LogP contribution in [0.2, 0.25) is 0 Å². The summed E-state index contributed by atoms with van der Waals surface area (Å²) in [4.78, 5) is 26.3. The maximum atomic E-state index is 13.1. The van der Waals surface area contributed by atoms with E-state index in [-0.39, 0.29) is 35.5 Å². The molecule has 2 heterocycles. The number of amides is 2. The van der Waals surface area contributed by atoms with Crippen LogP contribution < -0.4 is 0 Å². The molecule has 2 amide bonds. The van der Waals surface area contributed by atoms with Crippen molar-refractivity contribution < 1.29 is 9.59 Å². The van der Waals surface area contributed by atoms with Crippen LogP contribution in [0.15, 0.2) is 90.2 Å². The first kappa shape index (κ1) is 20.4. The van der Waals surface area contributed by atoms with Gasteiger partial charge in [-0.15, -0.1) is 0 Å². The molecule has 3 aromatic carbocycles. The molecular formula is C30H25N3O2. The van der Waals surface area contributed by atoms with E-state index in [2.05, 4.69) is 82.6 Å². The predicted molar refractivity (Wildman–Crippen MR) is 137 cm³/mol. The second kappa shape index (κ2) is 7.77.